The third-order valence-electron chi connectivity index (χ3n) is 5.27. The number of benzene rings is 1. The number of anilines is 1. The Morgan fingerprint density at radius 2 is 1.97 bits per heavy atom. The highest BCUT2D eigenvalue weighted by Gasteiger charge is 2.28. The van der Waals surface area contributed by atoms with Crippen molar-refractivity contribution in [2.45, 2.75) is 25.8 Å². The molecular weight excluding hydrogens is 424 g/mol. The fourth-order valence-corrected chi connectivity index (χ4v) is 4.82. The molecule has 4 rings (SSSR count). The van der Waals surface area contributed by atoms with Crippen LogP contribution >= 0.6 is 11.3 Å². The van der Waals surface area contributed by atoms with E-state index in [4.69, 9.17) is 4.74 Å². The lowest BCUT2D eigenvalue weighted by atomic mass is 10.0. The van der Waals surface area contributed by atoms with E-state index in [1.807, 2.05) is 18.2 Å². The first-order valence-corrected chi connectivity index (χ1v) is 11.2. The van der Waals surface area contributed by atoms with E-state index in [1.165, 1.54) is 11.3 Å². The number of pyridine rings is 1. The smallest absolute Gasteiger partial charge is 0.410 e. The monoisotopic (exact) mass is 446 g/mol. The van der Waals surface area contributed by atoms with Crippen molar-refractivity contribution in [1.82, 2.24) is 9.88 Å². The number of ether oxygens (including phenoxy) is 1. The Bertz CT molecular complexity index is 1140. The minimum absolute atomic E-state index is 0.258. The minimum Gasteiger partial charge on any atom is -0.449 e. The molecule has 0 fully saturated rings. The van der Waals surface area contributed by atoms with Crippen molar-refractivity contribution < 1.29 is 14.3 Å². The van der Waals surface area contributed by atoms with Crippen molar-refractivity contribution in [3.05, 3.63) is 82.0 Å². The summed E-state index contributed by atoms with van der Waals surface area (Å²) in [6, 6.07) is 15.0. The van der Waals surface area contributed by atoms with Gasteiger partial charge in [0.2, 0.25) is 0 Å². The van der Waals surface area contributed by atoms with Crippen molar-refractivity contribution in [3.8, 4) is 6.07 Å². The molecule has 0 radical (unpaired) electrons. The molecular formula is C24H22N4O3S. The van der Waals surface area contributed by atoms with Gasteiger partial charge < -0.3 is 15.0 Å². The maximum Gasteiger partial charge on any atom is 0.410 e. The fourth-order valence-electron chi connectivity index (χ4n) is 3.61. The van der Waals surface area contributed by atoms with Crippen LogP contribution in [0, 0.1) is 11.3 Å². The molecule has 0 saturated carbocycles. The molecule has 0 atom stereocenters. The SMILES string of the molecule is N#Cc1c(NC(=O)c2ccccc2)sc2c1CCN(C(=O)OCCCc1ccncc1)C2. The van der Waals surface area contributed by atoms with Crippen molar-refractivity contribution >= 4 is 28.3 Å². The van der Waals surface area contributed by atoms with Gasteiger partial charge in [0.05, 0.1) is 18.7 Å². The third kappa shape index (κ3) is 4.95. The quantitative estimate of drug-likeness (QED) is 0.567. The molecule has 7 nitrogen and oxygen atoms in total. The summed E-state index contributed by atoms with van der Waals surface area (Å²) in [4.78, 5) is 31.6. The number of thiophene rings is 1. The number of aromatic nitrogens is 1. The zero-order valence-corrected chi connectivity index (χ0v) is 18.2. The van der Waals surface area contributed by atoms with Crippen molar-refractivity contribution in [2.75, 3.05) is 18.5 Å². The van der Waals surface area contributed by atoms with E-state index in [0.29, 0.717) is 42.2 Å². The van der Waals surface area contributed by atoms with Gasteiger partial charge in [-0.15, -0.1) is 11.3 Å². The van der Waals surface area contributed by atoms with E-state index in [1.54, 1.807) is 41.6 Å². The summed E-state index contributed by atoms with van der Waals surface area (Å²) in [5.74, 6) is -0.258. The summed E-state index contributed by atoms with van der Waals surface area (Å²) in [5.41, 5.74) is 3.08. The fraction of sp³-hybridized carbons (Fsp3) is 0.250. The van der Waals surface area contributed by atoms with E-state index >= 15 is 0 Å². The molecule has 3 heterocycles. The molecule has 3 aromatic rings. The Balaban J connectivity index is 1.35. The predicted molar refractivity (Wildman–Crippen MR) is 121 cm³/mol. The Morgan fingerprint density at radius 1 is 1.19 bits per heavy atom. The first-order chi connectivity index (χ1) is 15.7. The lowest BCUT2D eigenvalue weighted by Crippen LogP contribution is -2.36. The van der Waals surface area contributed by atoms with Crippen LogP contribution in [0.15, 0.2) is 54.9 Å². The van der Waals surface area contributed by atoms with E-state index in [9.17, 15) is 14.9 Å². The number of nitriles is 1. The lowest BCUT2D eigenvalue weighted by Gasteiger charge is -2.26. The van der Waals surface area contributed by atoms with Gasteiger partial charge in [-0.2, -0.15) is 5.26 Å². The molecule has 2 aromatic heterocycles. The summed E-state index contributed by atoms with van der Waals surface area (Å²) in [7, 11) is 0. The summed E-state index contributed by atoms with van der Waals surface area (Å²) in [6.45, 7) is 1.20. The molecule has 0 spiro atoms. The van der Waals surface area contributed by atoms with Gasteiger partial charge in [-0.1, -0.05) is 18.2 Å². The van der Waals surface area contributed by atoms with Crippen molar-refractivity contribution in [2.24, 2.45) is 0 Å². The molecule has 0 aliphatic carbocycles. The average molecular weight is 447 g/mol. The molecule has 8 heteroatoms. The van der Waals surface area contributed by atoms with E-state index in [2.05, 4.69) is 16.4 Å². The van der Waals surface area contributed by atoms with Gasteiger partial charge >= 0.3 is 6.09 Å². The highest BCUT2D eigenvalue weighted by Crippen LogP contribution is 2.37. The number of hydrogen-bond donors (Lipinski definition) is 1. The van der Waals surface area contributed by atoms with Gasteiger partial charge in [0.1, 0.15) is 11.1 Å². The van der Waals surface area contributed by atoms with Crippen LogP contribution in [-0.2, 0) is 24.1 Å². The summed E-state index contributed by atoms with van der Waals surface area (Å²) >= 11 is 1.35. The van der Waals surface area contributed by atoms with E-state index < -0.39 is 0 Å². The second-order valence-corrected chi connectivity index (χ2v) is 8.49. The van der Waals surface area contributed by atoms with Crippen LogP contribution in [0.25, 0.3) is 0 Å². The molecule has 0 saturated heterocycles. The maximum absolute atomic E-state index is 12.5. The number of aryl methyl sites for hydroxylation is 1. The second kappa shape index (κ2) is 10.1. The van der Waals surface area contributed by atoms with Gasteiger partial charge in [-0.25, -0.2) is 4.79 Å². The average Bonchev–Trinajstić information content (AvgIpc) is 3.18. The Morgan fingerprint density at radius 3 is 2.72 bits per heavy atom. The maximum atomic E-state index is 12.5. The molecule has 32 heavy (non-hydrogen) atoms. The van der Waals surface area contributed by atoms with Gasteiger partial charge in [0, 0.05) is 29.4 Å². The van der Waals surface area contributed by atoms with Gasteiger partial charge in [0.15, 0.2) is 0 Å². The molecule has 162 valence electrons. The second-order valence-electron chi connectivity index (χ2n) is 7.38. The van der Waals surface area contributed by atoms with Crippen LogP contribution < -0.4 is 5.32 Å². The third-order valence-corrected chi connectivity index (χ3v) is 6.41. The Labute approximate surface area is 190 Å². The van der Waals surface area contributed by atoms with Crippen LogP contribution in [0.2, 0.25) is 0 Å². The van der Waals surface area contributed by atoms with Crippen LogP contribution in [-0.4, -0.2) is 35.0 Å². The largest absolute Gasteiger partial charge is 0.449 e. The summed E-state index contributed by atoms with van der Waals surface area (Å²) in [6.07, 6.45) is 5.26. The standard InChI is InChI=1S/C24H22N4O3S/c25-15-20-19-10-13-28(24(30)31-14-4-5-17-8-11-26-12-9-17)16-21(19)32-23(20)27-22(29)18-6-2-1-3-7-18/h1-3,6-9,11-12H,4-5,10,13-14,16H2,(H,27,29). The first kappa shape index (κ1) is 21.5. The summed E-state index contributed by atoms with van der Waals surface area (Å²) < 4.78 is 5.45. The molecule has 1 aliphatic rings. The van der Waals surface area contributed by atoms with Gasteiger partial charge in [-0.3, -0.25) is 9.78 Å². The van der Waals surface area contributed by atoms with Gasteiger partial charge in [-0.05, 0) is 54.7 Å². The summed E-state index contributed by atoms with van der Waals surface area (Å²) in [5, 5.41) is 13.0. The van der Waals surface area contributed by atoms with Crippen molar-refractivity contribution in [1.29, 1.82) is 5.26 Å². The number of rotatable bonds is 6. The highest BCUT2D eigenvalue weighted by molar-refractivity contribution is 7.16. The number of carbonyl (C=O) groups is 2. The predicted octanol–water partition coefficient (Wildman–Crippen LogP) is 4.39. The van der Waals surface area contributed by atoms with Crippen molar-refractivity contribution in [3.63, 3.8) is 0 Å². The number of nitrogens with zero attached hydrogens (tertiary/aromatic N) is 3. The number of hydrogen-bond acceptors (Lipinski definition) is 6. The topological polar surface area (TPSA) is 95.3 Å². The zero-order valence-electron chi connectivity index (χ0n) is 17.4. The number of fused-ring (bicyclic) bond motifs is 1. The normalized spacial score (nSPS) is 12.5. The van der Waals surface area contributed by atoms with Crippen LogP contribution in [0.3, 0.4) is 0 Å². The van der Waals surface area contributed by atoms with Crippen LogP contribution in [0.5, 0.6) is 0 Å². The molecule has 0 bridgehead atoms. The zero-order chi connectivity index (χ0) is 22.3. The molecule has 1 aromatic carbocycles. The molecule has 2 amide bonds. The molecule has 1 aliphatic heterocycles. The molecule has 1 N–H and O–H groups in total. The van der Waals surface area contributed by atoms with Crippen LogP contribution in [0.4, 0.5) is 9.80 Å². The number of amides is 2. The van der Waals surface area contributed by atoms with E-state index in [-0.39, 0.29) is 12.0 Å². The van der Waals surface area contributed by atoms with E-state index in [0.717, 1.165) is 28.8 Å². The number of carbonyl (C=O) groups excluding carboxylic acids is 2. The lowest BCUT2D eigenvalue weighted by molar-refractivity contribution is 0.0972. The van der Waals surface area contributed by atoms with Gasteiger partial charge in [0.25, 0.3) is 5.91 Å². The first-order valence-electron chi connectivity index (χ1n) is 10.4. The Hall–Kier alpha value is -3.70. The number of nitrogens with one attached hydrogen (secondary N) is 1. The molecule has 0 unspecified atom stereocenters. The minimum atomic E-state index is -0.354. The highest BCUT2D eigenvalue weighted by atomic mass is 32.1. The Kier molecular flexibility index (Phi) is 6.78. The van der Waals surface area contributed by atoms with Crippen LogP contribution in [0.1, 0.15) is 38.3 Å².